The first-order valence-electron chi connectivity index (χ1n) is 13.7. The zero-order chi connectivity index (χ0) is 27.4. The van der Waals surface area contributed by atoms with Gasteiger partial charge < -0.3 is 14.6 Å². The first-order valence-corrected chi connectivity index (χ1v) is 16.9. The summed E-state index contributed by atoms with van der Waals surface area (Å²) in [6.45, 7) is 11.2. The van der Waals surface area contributed by atoms with Crippen LogP contribution < -0.4 is 9.92 Å². The molecule has 0 bridgehead atoms. The highest BCUT2D eigenvalue weighted by atomic mass is 28.3. The average Bonchev–Trinajstić information content (AvgIpc) is 2.95. The Balaban J connectivity index is 1.45. The van der Waals surface area contributed by atoms with E-state index in [0.717, 1.165) is 30.6 Å². The second-order valence-corrected chi connectivity index (χ2v) is 15.3. The van der Waals surface area contributed by atoms with Gasteiger partial charge in [-0.15, -0.1) is 0 Å². The van der Waals surface area contributed by atoms with Gasteiger partial charge in [-0.1, -0.05) is 111 Å². The van der Waals surface area contributed by atoms with Crippen molar-refractivity contribution in [3.63, 3.8) is 0 Å². The highest BCUT2D eigenvalue weighted by Crippen LogP contribution is 2.27. The molecule has 0 spiro atoms. The van der Waals surface area contributed by atoms with Crippen molar-refractivity contribution in [2.75, 3.05) is 19.8 Å². The fourth-order valence-corrected chi connectivity index (χ4v) is 6.97. The van der Waals surface area contributed by atoms with Crippen LogP contribution in [0.4, 0.5) is 0 Å². The van der Waals surface area contributed by atoms with E-state index in [1.54, 1.807) is 5.19 Å². The third-order valence-electron chi connectivity index (χ3n) is 7.00. The van der Waals surface area contributed by atoms with Gasteiger partial charge in [-0.05, 0) is 53.6 Å². The topological polar surface area (TPSA) is 55.8 Å². The van der Waals surface area contributed by atoms with Crippen LogP contribution in [0.3, 0.4) is 0 Å². The lowest BCUT2D eigenvalue weighted by atomic mass is 10.0. The molecule has 4 nitrogen and oxygen atoms in total. The Morgan fingerprint density at radius 3 is 1.79 bits per heavy atom. The quantitative estimate of drug-likeness (QED) is 0.0964. The van der Waals surface area contributed by atoms with Gasteiger partial charge in [0.25, 0.3) is 0 Å². The van der Waals surface area contributed by atoms with Gasteiger partial charge >= 0.3 is 5.97 Å². The van der Waals surface area contributed by atoms with Gasteiger partial charge in [-0.25, -0.2) is 4.79 Å². The lowest BCUT2D eigenvalue weighted by molar-refractivity contribution is -0.139. The molecule has 3 rings (SSSR count). The number of esters is 1. The molecule has 3 aromatic carbocycles. The summed E-state index contributed by atoms with van der Waals surface area (Å²) in [5.41, 5.74) is 4.93. The van der Waals surface area contributed by atoms with Crippen LogP contribution in [-0.4, -0.2) is 39.0 Å². The predicted molar refractivity (Wildman–Crippen MR) is 161 cm³/mol. The highest BCUT2D eigenvalue weighted by Gasteiger charge is 2.22. The molecule has 5 heteroatoms. The van der Waals surface area contributed by atoms with E-state index in [1.807, 2.05) is 12.1 Å². The molecule has 0 radical (unpaired) electrons. The third kappa shape index (κ3) is 8.71. The molecule has 0 saturated carbocycles. The molecule has 0 aliphatic rings. The number of carbonyl (C=O) groups excluding carboxylic acids is 1. The van der Waals surface area contributed by atoms with Crippen LogP contribution in [0.25, 0.3) is 22.3 Å². The van der Waals surface area contributed by atoms with Crippen LogP contribution >= 0.6 is 0 Å². The van der Waals surface area contributed by atoms with E-state index in [4.69, 9.17) is 14.6 Å². The number of unbranched alkanes of at least 4 members (excludes halogenated alkanes) is 3. The molecule has 0 atom stereocenters. The molecular formula is C33H42O4Si. The predicted octanol–water partition coefficient (Wildman–Crippen LogP) is 7.38. The normalized spacial score (nSPS) is 11.3. The Morgan fingerprint density at radius 2 is 1.26 bits per heavy atom. The third-order valence-corrected chi connectivity index (χ3v) is 10.5. The van der Waals surface area contributed by atoms with Gasteiger partial charge in [0.15, 0.2) is 0 Å². The first kappa shape index (κ1) is 29.4. The van der Waals surface area contributed by atoms with Gasteiger partial charge in [0.2, 0.25) is 0 Å². The Morgan fingerprint density at radius 1 is 0.763 bits per heavy atom. The Kier molecular flexibility index (Phi) is 11.4. The van der Waals surface area contributed by atoms with Gasteiger partial charge in [0.05, 0.1) is 33.5 Å². The van der Waals surface area contributed by atoms with Crippen molar-refractivity contribution in [2.45, 2.75) is 58.2 Å². The van der Waals surface area contributed by atoms with Crippen molar-refractivity contribution in [2.24, 2.45) is 0 Å². The monoisotopic (exact) mass is 530 g/mol. The van der Waals surface area contributed by atoms with E-state index >= 15 is 0 Å². The molecule has 0 amide bonds. The summed E-state index contributed by atoms with van der Waals surface area (Å²) in [4.78, 5) is 11.4. The Bertz CT molecular complexity index is 1150. The van der Waals surface area contributed by atoms with Gasteiger partial charge in [0.1, 0.15) is 5.75 Å². The maximum Gasteiger partial charge on any atom is 0.335 e. The SMILES string of the molecule is C=C(CO)C(=O)OCCCCCOc1ccc(-c2ccc(-c3ccc([Si](C)(C)CCCC)cc3)cc2)cc1. The molecule has 0 unspecified atom stereocenters. The fraction of sp³-hybridized carbons (Fsp3) is 0.364. The highest BCUT2D eigenvalue weighted by molar-refractivity contribution is 6.89. The maximum atomic E-state index is 11.4. The van der Waals surface area contributed by atoms with E-state index < -0.39 is 14.0 Å². The second-order valence-electron chi connectivity index (χ2n) is 10.5. The van der Waals surface area contributed by atoms with Crippen LogP contribution in [0.15, 0.2) is 84.9 Å². The van der Waals surface area contributed by atoms with Crippen molar-refractivity contribution in [3.05, 3.63) is 84.9 Å². The summed E-state index contributed by atoms with van der Waals surface area (Å²) in [5.74, 6) is 0.317. The Labute approximate surface area is 229 Å². The number of ether oxygens (including phenoxy) is 2. The minimum Gasteiger partial charge on any atom is -0.494 e. The van der Waals surface area contributed by atoms with Crippen LogP contribution in [0.2, 0.25) is 19.1 Å². The lowest BCUT2D eigenvalue weighted by Crippen LogP contribution is -2.40. The molecule has 202 valence electrons. The standard InChI is InChI=1S/C33H42O4Si/c1-5-6-24-38(3,4)32-20-16-30(17-21-32)28-12-10-27(11-13-28)29-14-18-31(19-15-29)36-22-8-7-9-23-37-33(35)26(2)25-34/h10-21,34H,2,5-9,22-25H2,1,3-4H3. The van der Waals surface area contributed by atoms with Crippen molar-refractivity contribution >= 4 is 19.2 Å². The van der Waals surface area contributed by atoms with Crippen molar-refractivity contribution in [3.8, 4) is 28.0 Å². The largest absolute Gasteiger partial charge is 0.494 e. The van der Waals surface area contributed by atoms with Gasteiger partial charge in [-0.3, -0.25) is 0 Å². The molecule has 0 saturated heterocycles. The molecule has 38 heavy (non-hydrogen) atoms. The first-order chi connectivity index (χ1) is 18.3. The summed E-state index contributed by atoms with van der Waals surface area (Å²) < 4.78 is 10.9. The maximum absolute atomic E-state index is 11.4. The van der Waals surface area contributed by atoms with Crippen molar-refractivity contribution in [1.82, 2.24) is 0 Å². The van der Waals surface area contributed by atoms with Crippen molar-refractivity contribution in [1.29, 1.82) is 0 Å². The lowest BCUT2D eigenvalue weighted by Gasteiger charge is -2.23. The molecule has 0 fully saturated rings. The van der Waals surface area contributed by atoms with Crippen LogP contribution in [0.5, 0.6) is 5.75 Å². The van der Waals surface area contributed by atoms with Gasteiger partial charge in [0, 0.05) is 0 Å². The van der Waals surface area contributed by atoms with E-state index in [1.165, 1.54) is 35.6 Å². The summed E-state index contributed by atoms with van der Waals surface area (Å²) >= 11 is 0. The van der Waals surface area contributed by atoms with Gasteiger partial charge in [-0.2, -0.15) is 0 Å². The van der Waals surface area contributed by atoms with Crippen LogP contribution in [-0.2, 0) is 9.53 Å². The van der Waals surface area contributed by atoms with E-state index in [-0.39, 0.29) is 12.2 Å². The molecule has 3 aromatic rings. The molecule has 1 N–H and O–H groups in total. The molecule has 0 heterocycles. The number of hydrogen-bond acceptors (Lipinski definition) is 4. The molecule has 0 aliphatic carbocycles. The van der Waals surface area contributed by atoms with Crippen LogP contribution in [0.1, 0.15) is 39.0 Å². The molecular weight excluding hydrogens is 488 g/mol. The minimum absolute atomic E-state index is 0.0842. The fourth-order valence-electron chi connectivity index (χ4n) is 4.38. The summed E-state index contributed by atoms with van der Waals surface area (Å²) in [6, 6.07) is 27.6. The second kappa shape index (κ2) is 14.7. The van der Waals surface area contributed by atoms with Crippen molar-refractivity contribution < 1.29 is 19.4 Å². The van der Waals surface area contributed by atoms with E-state index in [0.29, 0.717) is 13.2 Å². The Hall–Kier alpha value is -3.15. The number of carbonyl (C=O) groups is 1. The molecule has 0 aromatic heterocycles. The average molecular weight is 531 g/mol. The summed E-state index contributed by atoms with van der Waals surface area (Å²) in [5, 5.41) is 10.4. The zero-order valence-corrected chi connectivity index (χ0v) is 24.2. The number of rotatable bonds is 15. The summed E-state index contributed by atoms with van der Waals surface area (Å²) in [7, 11) is -1.34. The smallest absolute Gasteiger partial charge is 0.335 e. The molecule has 0 aliphatic heterocycles. The zero-order valence-electron chi connectivity index (χ0n) is 23.2. The summed E-state index contributed by atoms with van der Waals surface area (Å²) in [6.07, 6.45) is 5.11. The number of benzene rings is 3. The van der Waals surface area contributed by atoms with Crippen LogP contribution in [0, 0.1) is 0 Å². The van der Waals surface area contributed by atoms with E-state index in [9.17, 15) is 4.79 Å². The minimum atomic E-state index is -1.34. The van der Waals surface area contributed by atoms with E-state index in [2.05, 4.69) is 87.3 Å². The number of hydrogen-bond donors (Lipinski definition) is 1. The number of aliphatic hydroxyl groups excluding tert-OH is 1. The number of aliphatic hydroxyl groups is 1.